The van der Waals surface area contributed by atoms with Crippen LogP contribution in [0.5, 0.6) is 0 Å². The van der Waals surface area contributed by atoms with E-state index in [9.17, 15) is 0 Å². The van der Waals surface area contributed by atoms with Gasteiger partial charge in [-0.15, -0.1) is 0 Å². The Kier molecular flexibility index (Phi) is 8.77. The molecule has 1 saturated heterocycles. The van der Waals surface area contributed by atoms with Gasteiger partial charge in [0.2, 0.25) is 0 Å². The fraction of sp³-hybridized carbons (Fsp3) is 0.241. The van der Waals surface area contributed by atoms with Gasteiger partial charge >= 0.3 is 0 Å². The van der Waals surface area contributed by atoms with Crippen molar-refractivity contribution in [1.82, 2.24) is 19.3 Å². The molecule has 1 aliphatic rings. The summed E-state index contributed by atoms with van der Waals surface area (Å²) in [6.45, 7) is 17.4. The fourth-order valence-electron chi connectivity index (χ4n) is 4.30. The lowest BCUT2D eigenvalue weighted by Crippen LogP contribution is -2.42. The number of nitrogens with zero attached hydrogens (tertiary/aromatic N) is 5. The minimum atomic E-state index is 0.592. The second kappa shape index (κ2) is 12.0. The van der Waals surface area contributed by atoms with Crippen molar-refractivity contribution in [3.05, 3.63) is 111 Å². The van der Waals surface area contributed by atoms with Crippen LogP contribution in [0.4, 0.5) is 5.82 Å². The molecule has 0 radical (unpaired) electrons. The number of rotatable bonds is 10. The molecule has 0 bridgehead atoms. The average Bonchev–Trinajstić information content (AvgIpc) is 3.33. The molecule has 0 unspecified atom stereocenters. The van der Waals surface area contributed by atoms with Gasteiger partial charge < -0.3 is 9.80 Å². The van der Waals surface area contributed by atoms with Crippen molar-refractivity contribution in [1.29, 1.82) is 0 Å². The van der Waals surface area contributed by atoms with Gasteiger partial charge in [0.15, 0.2) is 5.82 Å². The molecule has 3 rings (SSSR count). The van der Waals surface area contributed by atoms with Crippen LogP contribution in [0.2, 0.25) is 0 Å². The van der Waals surface area contributed by atoms with Crippen molar-refractivity contribution in [3.8, 4) is 0 Å². The molecule has 0 spiro atoms. The van der Waals surface area contributed by atoms with E-state index in [4.69, 9.17) is 4.98 Å². The largest absolute Gasteiger partial charge is 0.355 e. The fourth-order valence-corrected chi connectivity index (χ4v) is 4.30. The predicted molar refractivity (Wildman–Crippen MR) is 147 cm³/mol. The zero-order chi connectivity index (χ0) is 24.5. The van der Waals surface area contributed by atoms with Crippen molar-refractivity contribution in [2.45, 2.75) is 18.9 Å². The SMILES string of the molecule is C=C/C=C\C(=C/C=C)c1nc(N2CCC(N(C)C)CC2)c2cncn2c1C(/C=C\C=C)=C/C=C. The summed E-state index contributed by atoms with van der Waals surface area (Å²) in [4.78, 5) is 14.5. The Hall–Kier alpha value is -3.70. The summed E-state index contributed by atoms with van der Waals surface area (Å²) >= 11 is 0. The Labute approximate surface area is 203 Å². The number of hydrogen-bond acceptors (Lipinski definition) is 4. The smallest absolute Gasteiger partial charge is 0.155 e. The molecule has 1 fully saturated rings. The summed E-state index contributed by atoms with van der Waals surface area (Å²) in [5.74, 6) is 0.945. The summed E-state index contributed by atoms with van der Waals surface area (Å²) in [6, 6.07) is 0.592. The van der Waals surface area contributed by atoms with Crippen molar-refractivity contribution in [3.63, 3.8) is 0 Å². The minimum absolute atomic E-state index is 0.592. The summed E-state index contributed by atoms with van der Waals surface area (Å²) in [5.41, 5.74) is 4.65. The molecule has 0 aliphatic carbocycles. The third-order valence-corrected chi connectivity index (χ3v) is 6.01. The number of fused-ring (bicyclic) bond motifs is 1. The highest BCUT2D eigenvalue weighted by Crippen LogP contribution is 2.33. The van der Waals surface area contributed by atoms with Crippen LogP contribution in [0.15, 0.2) is 99.6 Å². The highest BCUT2D eigenvalue weighted by molar-refractivity contribution is 5.88. The molecule has 5 nitrogen and oxygen atoms in total. The first kappa shape index (κ1) is 24.9. The third-order valence-electron chi connectivity index (χ3n) is 6.01. The van der Waals surface area contributed by atoms with Crippen LogP contribution in [0.1, 0.15) is 24.2 Å². The van der Waals surface area contributed by atoms with Crippen LogP contribution in [0.25, 0.3) is 16.7 Å². The van der Waals surface area contributed by atoms with Crippen LogP contribution in [0, 0.1) is 0 Å². The van der Waals surface area contributed by atoms with Crippen molar-refractivity contribution >= 4 is 22.5 Å². The first-order chi connectivity index (χ1) is 16.5. The number of allylic oxidation sites excluding steroid dienone is 12. The van der Waals surface area contributed by atoms with Crippen molar-refractivity contribution in [2.24, 2.45) is 0 Å². The van der Waals surface area contributed by atoms with Crippen LogP contribution in [-0.2, 0) is 0 Å². The Morgan fingerprint density at radius 2 is 1.56 bits per heavy atom. The summed E-state index contributed by atoms with van der Waals surface area (Å²) in [7, 11) is 4.31. The molecular formula is C29H35N5. The number of imidazole rings is 1. The van der Waals surface area contributed by atoms with Gasteiger partial charge in [-0.1, -0.05) is 87.1 Å². The van der Waals surface area contributed by atoms with E-state index in [-0.39, 0.29) is 0 Å². The van der Waals surface area contributed by atoms with Gasteiger partial charge in [-0.2, -0.15) is 0 Å². The zero-order valence-corrected chi connectivity index (χ0v) is 20.4. The van der Waals surface area contributed by atoms with Gasteiger partial charge in [0.05, 0.1) is 23.9 Å². The minimum Gasteiger partial charge on any atom is -0.355 e. The lowest BCUT2D eigenvalue weighted by atomic mass is 10.0. The summed E-state index contributed by atoms with van der Waals surface area (Å²) < 4.78 is 2.12. The lowest BCUT2D eigenvalue weighted by molar-refractivity contribution is 0.249. The Balaban J connectivity index is 2.28. The van der Waals surface area contributed by atoms with Gasteiger partial charge in [-0.3, -0.25) is 4.40 Å². The van der Waals surface area contributed by atoms with Crippen LogP contribution >= 0.6 is 0 Å². The topological polar surface area (TPSA) is 36.7 Å². The molecule has 2 aromatic rings. The number of piperidine rings is 1. The maximum absolute atomic E-state index is 5.26. The van der Waals surface area contributed by atoms with Gasteiger partial charge in [0, 0.05) is 30.3 Å². The van der Waals surface area contributed by atoms with Crippen molar-refractivity contribution < 1.29 is 0 Å². The quantitative estimate of drug-likeness (QED) is 0.421. The van der Waals surface area contributed by atoms with Crippen LogP contribution in [-0.4, -0.2) is 52.5 Å². The molecule has 0 atom stereocenters. The standard InChI is InChI=1S/C29H35N5/c1-7-11-15-23(13-9-3)27-28(24(14-10-4)16-12-8-2)34-22-30-21-26(34)29(31-27)33-19-17-25(18-20-33)32(5)6/h7-16,21-22,25H,1-4,17-20H2,5-6H3/b15-11-,16-12-,23-13+,24-14+. The van der Waals surface area contributed by atoms with E-state index in [0.717, 1.165) is 59.8 Å². The van der Waals surface area contributed by atoms with E-state index in [2.05, 4.69) is 59.6 Å². The predicted octanol–water partition coefficient (Wildman–Crippen LogP) is 5.88. The Bertz CT molecular complexity index is 1160. The molecule has 0 aromatic carbocycles. The number of aromatic nitrogens is 3. The molecule has 3 heterocycles. The number of anilines is 1. The molecule has 34 heavy (non-hydrogen) atoms. The molecule has 0 saturated carbocycles. The average molecular weight is 454 g/mol. The molecule has 1 aliphatic heterocycles. The highest BCUT2D eigenvalue weighted by Gasteiger charge is 2.26. The first-order valence-corrected chi connectivity index (χ1v) is 11.6. The lowest BCUT2D eigenvalue weighted by Gasteiger charge is -2.36. The van der Waals surface area contributed by atoms with Gasteiger partial charge in [-0.25, -0.2) is 9.97 Å². The molecular weight excluding hydrogens is 418 g/mol. The van der Waals surface area contributed by atoms with E-state index in [0.29, 0.717) is 6.04 Å². The van der Waals surface area contributed by atoms with Gasteiger partial charge in [-0.05, 0) is 26.9 Å². The highest BCUT2D eigenvalue weighted by atomic mass is 15.2. The van der Waals surface area contributed by atoms with Crippen LogP contribution < -0.4 is 4.90 Å². The maximum Gasteiger partial charge on any atom is 0.155 e. The summed E-state index contributed by atoms with van der Waals surface area (Å²) in [6.07, 6.45) is 24.8. The molecule has 5 heteroatoms. The van der Waals surface area contributed by atoms with E-state index >= 15 is 0 Å². The van der Waals surface area contributed by atoms with E-state index in [1.807, 2.05) is 49.0 Å². The van der Waals surface area contributed by atoms with E-state index in [1.165, 1.54) is 0 Å². The van der Waals surface area contributed by atoms with E-state index < -0.39 is 0 Å². The van der Waals surface area contributed by atoms with E-state index in [1.54, 1.807) is 24.3 Å². The monoisotopic (exact) mass is 453 g/mol. The molecule has 0 N–H and O–H groups in total. The molecule has 176 valence electrons. The molecule has 2 aromatic heterocycles. The molecule has 0 amide bonds. The Morgan fingerprint density at radius 1 is 0.941 bits per heavy atom. The second-order valence-electron chi connectivity index (χ2n) is 8.37. The van der Waals surface area contributed by atoms with Gasteiger partial charge in [0.1, 0.15) is 5.52 Å². The van der Waals surface area contributed by atoms with Crippen molar-refractivity contribution in [2.75, 3.05) is 32.1 Å². The maximum atomic E-state index is 5.26. The normalized spacial score (nSPS) is 16.1. The van der Waals surface area contributed by atoms with Gasteiger partial charge in [0.25, 0.3) is 0 Å². The first-order valence-electron chi connectivity index (χ1n) is 11.6. The number of hydrogen-bond donors (Lipinski definition) is 0. The Morgan fingerprint density at radius 3 is 2.15 bits per heavy atom. The third kappa shape index (κ3) is 5.43. The zero-order valence-electron chi connectivity index (χ0n) is 20.4. The summed E-state index contributed by atoms with van der Waals surface area (Å²) in [5, 5.41) is 0. The second-order valence-corrected chi connectivity index (χ2v) is 8.37. The van der Waals surface area contributed by atoms with Crippen LogP contribution in [0.3, 0.4) is 0 Å².